The molecular formula is C12H13ClN2O4S. The molecular weight excluding hydrogens is 304 g/mol. The van der Waals surface area contributed by atoms with Gasteiger partial charge in [0.05, 0.1) is 15.5 Å². The van der Waals surface area contributed by atoms with Crippen molar-refractivity contribution in [2.24, 2.45) is 0 Å². The van der Waals surface area contributed by atoms with Crippen molar-refractivity contribution in [3.05, 3.63) is 28.8 Å². The number of nitrogens with zero attached hydrogens (tertiary/aromatic N) is 1. The van der Waals surface area contributed by atoms with E-state index in [1.165, 1.54) is 12.1 Å². The predicted molar refractivity (Wildman–Crippen MR) is 72.8 cm³/mol. The number of carboxylic acids is 1. The van der Waals surface area contributed by atoms with Gasteiger partial charge >= 0.3 is 5.97 Å². The Morgan fingerprint density at radius 1 is 1.55 bits per heavy atom. The average molecular weight is 317 g/mol. The lowest BCUT2D eigenvalue weighted by atomic mass is 10.2. The van der Waals surface area contributed by atoms with Crippen LogP contribution in [0.3, 0.4) is 0 Å². The van der Waals surface area contributed by atoms with Gasteiger partial charge < -0.3 is 5.11 Å². The molecule has 108 valence electrons. The Hall–Kier alpha value is -1.62. The quantitative estimate of drug-likeness (QED) is 0.831. The second-order valence-electron chi connectivity index (χ2n) is 4.05. The van der Waals surface area contributed by atoms with E-state index in [4.69, 9.17) is 22.0 Å². The zero-order valence-electron chi connectivity index (χ0n) is 10.6. The summed E-state index contributed by atoms with van der Waals surface area (Å²) in [5, 5.41) is 17.7. The molecule has 20 heavy (non-hydrogen) atoms. The highest BCUT2D eigenvalue weighted by Crippen LogP contribution is 2.20. The van der Waals surface area contributed by atoms with Crippen LogP contribution in [0.4, 0.5) is 0 Å². The molecule has 8 heteroatoms. The smallest absolute Gasteiger partial charge is 0.321 e. The van der Waals surface area contributed by atoms with Crippen LogP contribution in [0.15, 0.2) is 23.1 Å². The van der Waals surface area contributed by atoms with Gasteiger partial charge in [0.1, 0.15) is 12.1 Å². The number of nitriles is 1. The lowest BCUT2D eigenvalue weighted by Crippen LogP contribution is -2.40. The summed E-state index contributed by atoms with van der Waals surface area (Å²) in [4.78, 5) is 10.8. The predicted octanol–water partition coefficient (Wildman–Crippen LogP) is 1.74. The number of rotatable bonds is 6. The Morgan fingerprint density at radius 3 is 2.65 bits per heavy atom. The van der Waals surface area contributed by atoms with Crippen LogP contribution in [0.1, 0.15) is 25.3 Å². The molecule has 0 aliphatic heterocycles. The Kier molecular flexibility index (Phi) is 5.51. The number of halogens is 1. The van der Waals surface area contributed by atoms with E-state index < -0.39 is 22.0 Å². The minimum atomic E-state index is -4.00. The van der Waals surface area contributed by atoms with E-state index in [-0.39, 0.29) is 21.9 Å². The topological polar surface area (TPSA) is 107 Å². The van der Waals surface area contributed by atoms with Crippen LogP contribution < -0.4 is 4.72 Å². The van der Waals surface area contributed by atoms with Gasteiger partial charge in [0, 0.05) is 0 Å². The van der Waals surface area contributed by atoms with Crippen LogP contribution in [0.2, 0.25) is 5.02 Å². The first kappa shape index (κ1) is 16.4. The highest BCUT2D eigenvalue weighted by Gasteiger charge is 2.25. The lowest BCUT2D eigenvalue weighted by molar-refractivity contribution is -0.139. The van der Waals surface area contributed by atoms with Crippen molar-refractivity contribution in [1.29, 1.82) is 5.26 Å². The first-order chi connectivity index (χ1) is 9.31. The molecule has 2 N–H and O–H groups in total. The summed E-state index contributed by atoms with van der Waals surface area (Å²) in [6.45, 7) is 1.75. The molecule has 1 aromatic carbocycles. The van der Waals surface area contributed by atoms with E-state index in [2.05, 4.69) is 4.72 Å². The Bertz CT molecular complexity index is 652. The number of carboxylic acid groups (broad SMARTS) is 1. The van der Waals surface area contributed by atoms with Gasteiger partial charge in [-0.2, -0.15) is 9.98 Å². The molecule has 0 fully saturated rings. The van der Waals surface area contributed by atoms with Gasteiger partial charge in [-0.05, 0) is 24.6 Å². The van der Waals surface area contributed by atoms with E-state index in [1.807, 2.05) is 6.07 Å². The van der Waals surface area contributed by atoms with Crippen LogP contribution in [0.25, 0.3) is 0 Å². The zero-order valence-corrected chi connectivity index (χ0v) is 12.2. The van der Waals surface area contributed by atoms with E-state index in [0.717, 1.165) is 6.07 Å². The summed E-state index contributed by atoms with van der Waals surface area (Å²) < 4.78 is 26.2. The minimum Gasteiger partial charge on any atom is -0.480 e. The Labute approximate surface area is 122 Å². The van der Waals surface area contributed by atoms with Crippen LogP contribution in [-0.4, -0.2) is 25.5 Å². The third kappa shape index (κ3) is 3.93. The molecule has 0 radical (unpaired) electrons. The first-order valence-corrected chi connectivity index (χ1v) is 7.62. The third-order valence-corrected chi connectivity index (χ3v) is 4.33. The molecule has 1 rings (SSSR count). The molecule has 0 spiro atoms. The largest absolute Gasteiger partial charge is 0.480 e. The van der Waals surface area contributed by atoms with E-state index >= 15 is 0 Å². The van der Waals surface area contributed by atoms with Crippen molar-refractivity contribution >= 4 is 27.6 Å². The van der Waals surface area contributed by atoms with Crippen LogP contribution in [0.5, 0.6) is 0 Å². The summed E-state index contributed by atoms with van der Waals surface area (Å²) in [5.74, 6) is -1.24. The molecule has 1 aromatic rings. The molecule has 0 aliphatic carbocycles. The molecule has 0 aliphatic rings. The maximum absolute atomic E-state index is 12.1. The number of carbonyl (C=O) groups is 1. The second kappa shape index (κ2) is 6.70. The molecule has 0 unspecified atom stereocenters. The molecule has 1 atom stereocenters. The lowest BCUT2D eigenvalue weighted by Gasteiger charge is -2.14. The number of hydrogen-bond acceptors (Lipinski definition) is 4. The fraction of sp³-hybridized carbons (Fsp3) is 0.333. The summed E-state index contributed by atoms with van der Waals surface area (Å²) in [7, 11) is -4.00. The highest BCUT2D eigenvalue weighted by molar-refractivity contribution is 7.89. The average Bonchev–Trinajstić information content (AvgIpc) is 2.37. The standard InChI is InChI=1S/C12H13ClN2O4S/c1-2-3-11(12(16)17)15-20(18,19)9-5-4-8(7-14)10(13)6-9/h4-6,11,15H,2-3H2,1H3,(H,16,17)/t11-/m1/s1. The summed E-state index contributed by atoms with van der Waals surface area (Å²) in [5.41, 5.74) is 0.147. The van der Waals surface area contributed by atoms with Gasteiger partial charge in [0.15, 0.2) is 0 Å². The number of sulfonamides is 1. The molecule has 0 aromatic heterocycles. The fourth-order valence-electron chi connectivity index (χ4n) is 1.53. The number of nitrogens with one attached hydrogen (secondary N) is 1. The SMILES string of the molecule is CCC[C@@H](NS(=O)(=O)c1ccc(C#N)c(Cl)c1)C(=O)O. The molecule has 0 saturated carbocycles. The molecule has 0 amide bonds. The van der Waals surface area contributed by atoms with Crippen molar-refractivity contribution in [3.63, 3.8) is 0 Å². The third-order valence-electron chi connectivity index (χ3n) is 2.54. The zero-order chi connectivity index (χ0) is 15.3. The summed E-state index contributed by atoms with van der Waals surface area (Å²) >= 11 is 5.76. The van der Waals surface area contributed by atoms with Crippen molar-refractivity contribution in [2.75, 3.05) is 0 Å². The monoisotopic (exact) mass is 316 g/mol. The van der Waals surface area contributed by atoms with Gasteiger partial charge in [-0.15, -0.1) is 0 Å². The van der Waals surface area contributed by atoms with Crippen molar-refractivity contribution in [2.45, 2.75) is 30.7 Å². The van der Waals surface area contributed by atoms with Gasteiger partial charge in [0.2, 0.25) is 10.0 Å². The summed E-state index contributed by atoms with van der Waals surface area (Å²) in [6, 6.07) is 4.21. The van der Waals surface area contributed by atoms with Gasteiger partial charge in [0.25, 0.3) is 0 Å². The van der Waals surface area contributed by atoms with Crippen LogP contribution in [-0.2, 0) is 14.8 Å². The van der Waals surface area contributed by atoms with Crippen LogP contribution >= 0.6 is 11.6 Å². The van der Waals surface area contributed by atoms with Gasteiger partial charge in [-0.25, -0.2) is 8.42 Å². The van der Waals surface area contributed by atoms with Gasteiger partial charge in [-0.3, -0.25) is 4.79 Å². The normalized spacial score (nSPS) is 12.7. The first-order valence-electron chi connectivity index (χ1n) is 5.76. The minimum absolute atomic E-state index is 0.00209. The van der Waals surface area contributed by atoms with Gasteiger partial charge in [-0.1, -0.05) is 24.9 Å². The van der Waals surface area contributed by atoms with E-state index in [0.29, 0.717) is 6.42 Å². The highest BCUT2D eigenvalue weighted by atomic mass is 35.5. The van der Waals surface area contributed by atoms with Crippen LogP contribution in [0, 0.1) is 11.3 Å². The Balaban J connectivity index is 3.08. The summed E-state index contributed by atoms with van der Waals surface area (Å²) in [6.07, 6.45) is 0.701. The molecule has 0 heterocycles. The maximum Gasteiger partial charge on any atom is 0.321 e. The Morgan fingerprint density at radius 2 is 2.20 bits per heavy atom. The van der Waals surface area contributed by atoms with Crippen molar-refractivity contribution in [3.8, 4) is 6.07 Å². The second-order valence-corrected chi connectivity index (χ2v) is 6.18. The van der Waals surface area contributed by atoms with E-state index in [1.54, 1.807) is 6.92 Å². The van der Waals surface area contributed by atoms with E-state index in [9.17, 15) is 13.2 Å². The van der Waals surface area contributed by atoms with Crippen molar-refractivity contribution < 1.29 is 18.3 Å². The fourth-order valence-corrected chi connectivity index (χ4v) is 3.07. The molecule has 0 saturated heterocycles. The maximum atomic E-state index is 12.1. The molecule has 0 bridgehead atoms. The molecule has 6 nitrogen and oxygen atoms in total. The van der Waals surface area contributed by atoms with Crippen molar-refractivity contribution in [1.82, 2.24) is 4.72 Å². The number of hydrogen-bond donors (Lipinski definition) is 2. The number of benzene rings is 1. The number of aliphatic carboxylic acids is 1.